The Morgan fingerprint density at radius 1 is 0.846 bits per heavy atom. The fourth-order valence-electron chi connectivity index (χ4n) is 3.58. The Bertz CT molecular complexity index is 809. The Morgan fingerprint density at radius 2 is 1.50 bits per heavy atom. The first-order valence-corrected chi connectivity index (χ1v) is 11.4. The SMILES string of the molecule is CCCCCCc1cc(S(=O)(=O)O)c2c(CCCCCC)cccc2c1. The summed E-state index contributed by atoms with van der Waals surface area (Å²) in [6.07, 6.45) is 10.8. The molecular formula is C22H32O3S. The summed E-state index contributed by atoms with van der Waals surface area (Å²) < 4.78 is 33.9. The summed E-state index contributed by atoms with van der Waals surface area (Å²) in [5, 5.41) is 1.61. The van der Waals surface area contributed by atoms with Gasteiger partial charge in [-0.2, -0.15) is 8.42 Å². The van der Waals surface area contributed by atoms with Gasteiger partial charge >= 0.3 is 0 Å². The Morgan fingerprint density at radius 3 is 2.12 bits per heavy atom. The van der Waals surface area contributed by atoms with Crippen molar-refractivity contribution in [1.29, 1.82) is 0 Å². The van der Waals surface area contributed by atoms with E-state index < -0.39 is 10.1 Å². The number of unbranched alkanes of at least 4 members (excludes halogenated alkanes) is 6. The van der Waals surface area contributed by atoms with Gasteiger partial charge in [0.05, 0.1) is 0 Å². The fourth-order valence-corrected chi connectivity index (χ4v) is 4.38. The summed E-state index contributed by atoms with van der Waals surface area (Å²) in [6.45, 7) is 4.35. The zero-order valence-corrected chi connectivity index (χ0v) is 16.9. The van der Waals surface area contributed by atoms with Crippen LogP contribution in [0.15, 0.2) is 35.2 Å². The molecule has 0 aliphatic carbocycles. The predicted molar refractivity (Wildman–Crippen MR) is 109 cm³/mol. The third-order valence-electron chi connectivity index (χ3n) is 4.98. The Kier molecular flexibility index (Phi) is 8.11. The molecule has 0 unspecified atom stereocenters. The van der Waals surface area contributed by atoms with Crippen molar-refractivity contribution in [3.63, 3.8) is 0 Å². The molecule has 0 fully saturated rings. The molecule has 0 aliphatic heterocycles. The van der Waals surface area contributed by atoms with Gasteiger partial charge in [0, 0.05) is 5.39 Å². The lowest BCUT2D eigenvalue weighted by atomic mass is 9.96. The molecule has 0 atom stereocenters. The van der Waals surface area contributed by atoms with Crippen LogP contribution >= 0.6 is 0 Å². The summed E-state index contributed by atoms with van der Waals surface area (Å²) in [6, 6.07) is 9.70. The number of rotatable bonds is 11. The van der Waals surface area contributed by atoms with Crippen LogP contribution in [0.2, 0.25) is 0 Å². The maximum atomic E-state index is 12.1. The van der Waals surface area contributed by atoms with Crippen molar-refractivity contribution >= 4 is 20.9 Å². The highest BCUT2D eigenvalue weighted by molar-refractivity contribution is 7.86. The van der Waals surface area contributed by atoms with Crippen LogP contribution in [-0.4, -0.2) is 13.0 Å². The second-order valence-electron chi connectivity index (χ2n) is 7.21. The second-order valence-corrected chi connectivity index (χ2v) is 8.60. The van der Waals surface area contributed by atoms with Crippen LogP contribution in [0.3, 0.4) is 0 Å². The Hall–Kier alpha value is -1.39. The average Bonchev–Trinajstić information content (AvgIpc) is 2.61. The summed E-state index contributed by atoms with van der Waals surface area (Å²) in [4.78, 5) is 0.0755. The van der Waals surface area contributed by atoms with Crippen LogP contribution in [0, 0.1) is 0 Å². The van der Waals surface area contributed by atoms with Gasteiger partial charge in [-0.1, -0.05) is 76.6 Å². The van der Waals surface area contributed by atoms with Crippen LogP contribution in [0.4, 0.5) is 0 Å². The molecule has 144 valence electrons. The van der Waals surface area contributed by atoms with Gasteiger partial charge in [0.1, 0.15) is 4.90 Å². The first-order valence-electron chi connectivity index (χ1n) is 9.99. The quantitative estimate of drug-likeness (QED) is 0.368. The molecule has 1 N–H and O–H groups in total. The van der Waals surface area contributed by atoms with E-state index in [1.807, 2.05) is 18.2 Å². The zero-order valence-electron chi connectivity index (χ0n) is 16.1. The number of aryl methyl sites for hydroxylation is 2. The zero-order chi connectivity index (χ0) is 19.0. The first kappa shape index (κ1) is 20.9. The van der Waals surface area contributed by atoms with Crippen molar-refractivity contribution in [3.8, 4) is 0 Å². The van der Waals surface area contributed by atoms with E-state index in [2.05, 4.69) is 19.9 Å². The summed E-state index contributed by atoms with van der Waals surface area (Å²) in [7, 11) is -4.24. The fraction of sp³-hybridized carbons (Fsp3) is 0.545. The topological polar surface area (TPSA) is 54.4 Å². The number of fused-ring (bicyclic) bond motifs is 1. The van der Waals surface area contributed by atoms with E-state index in [0.717, 1.165) is 55.0 Å². The van der Waals surface area contributed by atoms with E-state index in [1.54, 1.807) is 6.07 Å². The minimum absolute atomic E-state index is 0.0755. The van der Waals surface area contributed by atoms with E-state index in [1.165, 1.54) is 25.7 Å². The van der Waals surface area contributed by atoms with Gasteiger partial charge in [0.2, 0.25) is 0 Å². The lowest BCUT2D eigenvalue weighted by molar-refractivity contribution is 0.484. The molecule has 2 rings (SSSR count). The summed E-state index contributed by atoms with van der Waals surface area (Å²) in [5.74, 6) is 0. The maximum absolute atomic E-state index is 12.1. The molecule has 4 heteroatoms. The molecule has 0 saturated carbocycles. The maximum Gasteiger partial charge on any atom is 0.295 e. The Labute approximate surface area is 158 Å². The van der Waals surface area contributed by atoms with Crippen molar-refractivity contribution in [2.45, 2.75) is 83.0 Å². The van der Waals surface area contributed by atoms with E-state index in [4.69, 9.17) is 0 Å². The molecule has 3 nitrogen and oxygen atoms in total. The molecular weight excluding hydrogens is 344 g/mol. The van der Waals surface area contributed by atoms with E-state index >= 15 is 0 Å². The van der Waals surface area contributed by atoms with Crippen molar-refractivity contribution in [2.75, 3.05) is 0 Å². The molecule has 0 amide bonds. The molecule has 0 saturated heterocycles. The van der Waals surface area contributed by atoms with E-state index in [9.17, 15) is 13.0 Å². The molecule has 2 aromatic rings. The van der Waals surface area contributed by atoms with Gasteiger partial charge in [0.15, 0.2) is 0 Å². The second kappa shape index (κ2) is 10.1. The van der Waals surface area contributed by atoms with E-state index in [-0.39, 0.29) is 4.90 Å². The van der Waals surface area contributed by atoms with Crippen molar-refractivity contribution < 1.29 is 13.0 Å². The number of hydrogen-bond acceptors (Lipinski definition) is 2. The summed E-state index contributed by atoms with van der Waals surface area (Å²) in [5.41, 5.74) is 2.01. The van der Waals surface area contributed by atoms with Crippen molar-refractivity contribution in [2.24, 2.45) is 0 Å². The molecule has 0 heterocycles. The molecule has 2 aromatic carbocycles. The van der Waals surface area contributed by atoms with Gasteiger partial charge < -0.3 is 0 Å². The Balaban J connectivity index is 2.37. The van der Waals surface area contributed by atoms with Crippen molar-refractivity contribution in [1.82, 2.24) is 0 Å². The molecule has 0 aliphatic rings. The van der Waals surface area contributed by atoms with Crippen LogP contribution in [-0.2, 0) is 23.0 Å². The monoisotopic (exact) mass is 376 g/mol. The van der Waals surface area contributed by atoms with Crippen LogP contribution in [0.25, 0.3) is 10.8 Å². The molecule has 0 spiro atoms. The van der Waals surface area contributed by atoms with Gasteiger partial charge in [0.25, 0.3) is 10.1 Å². The lowest BCUT2D eigenvalue weighted by Crippen LogP contribution is -2.03. The molecule has 26 heavy (non-hydrogen) atoms. The number of benzene rings is 2. The average molecular weight is 377 g/mol. The summed E-state index contributed by atoms with van der Waals surface area (Å²) >= 11 is 0. The predicted octanol–water partition coefficient (Wildman–Crippen LogP) is 6.33. The highest BCUT2D eigenvalue weighted by Gasteiger charge is 2.18. The van der Waals surface area contributed by atoms with Crippen molar-refractivity contribution in [3.05, 3.63) is 41.5 Å². The number of hydrogen-bond donors (Lipinski definition) is 1. The minimum Gasteiger partial charge on any atom is -0.282 e. The normalized spacial score (nSPS) is 12.0. The van der Waals surface area contributed by atoms with Gasteiger partial charge in [-0.15, -0.1) is 0 Å². The van der Waals surface area contributed by atoms with E-state index in [0.29, 0.717) is 5.39 Å². The standard InChI is InChI=1S/C22H32O3S/c1-3-5-7-9-12-18-16-20-15-11-14-19(13-10-8-6-4-2)22(20)21(17-18)26(23,24)25/h11,14-17H,3-10,12-13H2,1-2H3,(H,23,24,25). The van der Waals surface area contributed by atoms with Crippen LogP contribution < -0.4 is 0 Å². The molecule has 0 radical (unpaired) electrons. The van der Waals surface area contributed by atoms with Crippen LogP contribution in [0.5, 0.6) is 0 Å². The molecule has 0 bridgehead atoms. The minimum atomic E-state index is -4.24. The lowest BCUT2D eigenvalue weighted by Gasteiger charge is -2.13. The highest BCUT2D eigenvalue weighted by Crippen LogP contribution is 2.30. The smallest absolute Gasteiger partial charge is 0.282 e. The third-order valence-corrected chi connectivity index (χ3v) is 5.86. The molecule has 0 aromatic heterocycles. The van der Waals surface area contributed by atoms with Gasteiger partial charge in [-0.05, 0) is 48.3 Å². The third kappa shape index (κ3) is 5.82. The van der Waals surface area contributed by atoms with Crippen LogP contribution in [0.1, 0.15) is 76.3 Å². The van der Waals surface area contributed by atoms with Gasteiger partial charge in [-0.25, -0.2) is 0 Å². The highest BCUT2D eigenvalue weighted by atomic mass is 32.2. The largest absolute Gasteiger partial charge is 0.295 e. The first-order chi connectivity index (χ1) is 12.5. The van der Waals surface area contributed by atoms with Gasteiger partial charge in [-0.3, -0.25) is 4.55 Å².